The maximum absolute atomic E-state index is 4.16. The summed E-state index contributed by atoms with van der Waals surface area (Å²) in [5.41, 5.74) is 1.11. The Morgan fingerprint density at radius 3 is 2.56 bits per heavy atom. The summed E-state index contributed by atoms with van der Waals surface area (Å²) in [4.78, 5) is 4.16. The number of rotatable bonds is 0. The van der Waals surface area contributed by atoms with Gasteiger partial charge in [0.05, 0.1) is 5.69 Å². The zero-order valence-electron chi connectivity index (χ0n) is 4.86. The molecule has 0 aliphatic heterocycles. The highest BCUT2D eigenvalue weighted by Crippen LogP contribution is 2.11. The van der Waals surface area contributed by atoms with Crippen LogP contribution in [-0.4, -0.2) is 4.98 Å². The fourth-order valence-corrected chi connectivity index (χ4v) is 2.00. The van der Waals surface area contributed by atoms with Crippen molar-refractivity contribution in [2.45, 2.75) is 6.92 Å². The van der Waals surface area contributed by atoms with E-state index in [0.717, 1.165) is 5.69 Å². The van der Waals surface area contributed by atoms with E-state index in [1.54, 1.807) is 0 Å². The van der Waals surface area contributed by atoms with E-state index in [2.05, 4.69) is 56.2 Å². The largest absolute Gasteiger partial charge is 0.259 e. The first-order valence-corrected chi connectivity index (χ1v) is 4.63. The van der Waals surface area contributed by atoms with Crippen LogP contribution in [0, 0.1) is 14.1 Å². The van der Waals surface area contributed by atoms with Crippen LogP contribution in [0.5, 0.6) is 0 Å². The van der Waals surface area contributed by atoms with Gasteiger partial charge in [0.15, 0.2) is 0 Å². The maximum Gasteiger partial charge on any atom is 0.0506 e. The van der Waals surface area contributed by atoms with Crippen molar-refractivity contribution in [3.05, 3.63) is 25.1 Å². The summed E-state index contributed by atoms with van der Waals surface area (Å²) in [7, 11) is 0. The molecule has 0 saturated heterocycles. The number of pyridine rings is 1. The fraction of sp³-hybridized carbons (Fsp3) is 0.167. The van der Waals surface area contributed by atoms with Crippen LogP contribution in [0.1, 0.15) is 5.69 Å². The van der Waals surface area contributed by atoms with Crippen LogP contribution >= 0.6 is 45.2 Å². The first kappa shape index (κ1) is 7.71. The minimum Gasteiger partial charge on any atom is -0.259 e. The molecule has 1 aromatic heterocycles. The number of hydrogen-bond donors (Lipinski definition) is 0. The molecule has 0 aromatic carbocycles. The van der Waals surface area contributed by atoms with Gasteiger partial charge in [-0.2, -0.15) is 0 Å². The van der Waals surface area contributed by atoms with Crippen molar-refractivity contribution < 1.29 is 0 Å². The molecule has 0 fully saturated rings. The predicted molar refractivity (Wildman–Crippen MR) is 54.4 cm³/mol. The first-order valence-electron chi connectivity index (χ1n) is 2.48. The monoisotopic (exact) mass is 345 g/mol. The highest BCUT2D eigenvalue weighted by Gasteiger charge is 1.93. The molecule has 1 heterocycles. The van der Waals surface area contributed by atoms with Crippen LogP contribution in [0.4, 0.5) is 0 Å². The van der Waals surface area contributed by atoms with Crippen molar-refractivity contribution in [3.63, 3.8) is 0 Å². The summed E-state index contributed by atoms with van der Waals surface area (Å²) in [5.74, 6) is 0. The Kier molecular flexibility index (Phi) is 2.69. The summed E-state index contributed by atoms with van der Waals surface area (Å²) in [6.07, 6.45) is 1.87. The van der Waals surface area contributed by atoms with Crippen molar-refractivity contribution in [1.82, 2.24) is 4.98 Å². The number of hydrogen-bond acceptors (Lipinski definition) is 1. The van der Waals surface area contributed by atoms with Gasteiger partial charge in [-0.3, -0.25) is 4.98 Å². The van der Waals surface area contributed by atoms with E-state index in [4.69, 9.17) is 0 Å². The van der Waals surface area contributed by atoms with Crippen molar-refractivity contribution >= 4 is 45.2 Å². The molecular formula is C6H5I2N. The molecule has 0 N–H and O–H groups in total. The van der Waals surface area contributed by atoms with E-state index < -0.39 is 0 Å². The van der Waals surface area contributed by atoms with Gasteiger partial charge < -0.3 is 0 Å². The molecule has 48 valence electrons. The third-order valence-electron chi connectivity index (χ3n) is 0.992. The molecule has 1 aromatic rings. The van der Waals surface area contributed by atoms with Gasteiger partial charge in [0.1, 0.15) is 0 Å². The van der Waals surface area contributed by atoms with E-state index >= 15 is 0 Å². The molecule has 0 unspecified atom stereocenters. The molecule has 0 spiro atoms. The second-order valence-electron chi connectivity index (χ2n) is 1.72. The van der Waals surface area contributed by atoms with Gasteiger partial charge in [-0.05, 0) is 58.2 Å². The smallest absolute Gasteiger partial charge is 0.0506 e. The van der Waals surface area contributed by atoms with Crippen LogP contribution < -0.4 is 0 Å². The van der Waals surface area contributed by atoms with Crippen LogP contribution in [-0.2, 0) is 0 Å². The summed E-state index contributed by atoms with van der Waals surface area (Å²) in [6.45, 7) is 2.01. The lowest BCUT2D eigenvalue weighted by molar-refractivity contribution is 1.17. The van der Waals surface area contributed by atoms with Gasteiger partial charge >= 0.3 is 0 Å². The standard InChI is InChI=1S/C6H5I2N/c1-4-6(8)2-5(7)3-9-4/h2-3H,1H3. The van der Waals surface area contributed by atoms with E-state index in [1.165, 1.54) is 7.14 Å². The summed E-state index contributed by atoms with van der Waals surface area (Å²) in [5, 5.41) is 0. The lowest BCUT2D eigenvalue weighted by atomic mass is 10.4. The van der Waals surface area contributed by atoms with Gasteiger partial charge in [0.2, 0.25) is 0 Å². The Labute approximate surface area is 81.5 Å². The van der Waals surface area contributed by atoms with Crippen molar-refractivity contribution in [2.24, 2.45) is 0 Å². The predicted octanol–water partition coefficient (Wildman–Crippen LogP) is 2.60. The first-order chi connectivity index (χ1) is 4.20. The average Bonchev–Trinajstić information content (AvgIpc) is 1.80. The van der Waals surface area contributed by atoms with Gasteiger partial charge in [-0.25, -0.2) is 0 Å². The zero-order chi connectivity index (χ0) is 6.85. The molecule has 0 bridgehead atoms. The summed E-state index contributed by atoms with van der Waals surface area (Å²) < 4.78 is 2.43. The molecule has 0 atom stereocenters. The van der Waals surface area contributed by atoms with Gasteiger partial charge in [-0.1, -0.05) is 0 Å². The zero-order valence-corrected chi connectivity index (χ0v) is 9.17. The fourth-order valence-electron chi connectivity index (χ4n) is 0.483. The molecule has 1 nitrogen and oxygen atoms in total. The number of nitrogens with zero attached hydrogens (tertiary/aromatic N) is 1. The molecule has 0 aliphatic rings. The third kappa shape index (κ3) is 2.03. The number of aryl methyl sites for hydroxylation is 1. The van der Waals surface area contributed by atoms with E-state index in [9.17, 15) is 0 Å². The number of aromatic nitrogens is 1. The molecule has 0 amide bonds. The Bertz CT molecular complexity index is 222. The van der Waals surface area contributed by atoms with Crippen LogP contribution in [0.3, 0.4) is 0 Å². The maximum atomic E-state index is 4.16. The quantitative estimate of drug-likeness (QED) is 0.659. The van der Waals surface area contributed by atoms with Gasteiger partial charge in [0, 0.05) is 13.3 Å². The molecular weight excluding hydrogens is 340 g/mol. The topological polar surface area (TPSA) is 12.9 Å². The van der Waals surface area contributed by atoms with Crippen LogP contribution in [0.2, 0.25) is 0 Å². The lowest BCUT2D eigenvalue weighted by Crippen LogP contribution is -1.85. The number of halogens is 2. The molecule has 1 rings (SSSR count). The van der Waals surface area contributed by atoms with Crippen LogP contribution in [0.25, 0.3) is 0 Å². The molecule has 0 aliphatic carbocycles. The summed E-state index contributed by atoms with van der Waals surface area (Å²) in [6, 6.07) is 2.11. The van der Waals surface area contributed by atoms with E-state index in [-0.39, 0.29) is 0 Å². The van der Waals surface area contributed by atoms with E-state index in [0.29, 0.717) is 0 Å². The lowest BCUT2D eigenvalue weighted by Gasteiger charge is -1.94. The van der Waals surface area contributed by atoms with Crippen molar-refractivity contribution in [3.8, 4) is 0 Å². The Morgan fingerprint density at radius 1 is 1.44 bits per heavy atom. The molecule has 3 heteroatoms. The second-order valence-corrected chi connectivity index (χ2v) is 4.13. The normalized spacial score (nSPS) is 9.67. The third-order valence-corrected chi connectivity index (χ3v) is 2.67. The minimum absolute atomic E-state index is 1.11. The Hall–Kier alpha value is 0.610. The highest BCUT2D eigenvalue weighted by molar-refractivity contribution is 14.1. The Balaban J connectivity index is 3.17. The van der Waals surface area contributed by atoms with E-state index in [1.807, 2.05) is 13.1 Å². The van der Waals surface area contributed by atoms with Gasteiger partial charge in [-0.15, -0.1) is 0 Å². The SMILES string of the molecule is Cc1ncc(I)cc1I. The molecule has 0 radical (unpaired) electrons. The van der Waals surface area contributed by atoms with Crippen molar-refractivity contribution in [2.75, 3.05) is 0 Å². The van der Waals surface area contributed by atoms with Gasteiger partial charge in [0.25, 0.3) is 0 Å². The summed E-state index contributed by atoms with van der Waals surface area (Å²) >= 11 is 4.54. The Morgan fingerprint density at radius 2 is 2.11 bits per heavy atom. The molecule has 9 heavy (non-hydrogen) atoms. The van der Waals surface area contributed by atoms with Crippen LogP contribution in [0.15, 0.2) is 12.3 Å². The minimum atomic E-state index is 1.11. The second kappa shape index (κ2) is 3.14. The highest BCUT2D eigenvalue weighted by atomic mass is 127. The average molecular weight is 345 g/mol. The van der Waals surface area contributed by atoms with Crippen molar-refractivity contribution in [1.29, 1.82) is 0 Å². The molecule has 0 saturated carbocycles.